The third-order valence-corrected chi connectivity index (χ3v) is 3.06. The minimum Gasteiger partial charge on any atom is -0.423 e. The number of hydrogen-bond acceptors (Lipinski definition) is 7. The van der Waals surface area contributed by atoms with E-state index in [9.17, 15) is 19.6 Å². The molecule has 0 radical (unpaired) electrons. The standard InChI is InChI=1S/C14H16BNO6/c1-8-4-5-9(6-11(8)15(19)20)16-7-10-12(17)21-14(2,3)22-13(10)18/h4-7,16,19-20H,1-3H3. The molecule has 0 amide bonds. The lowest BCUT2D eigenvalue weighted by atomic mass is 9.77. The van der Waals surface area contributed by atoms with Gasteiger partial charge in [0.05, 0.1) is 0 Å². The van der Waals surface area contributed by atoms with Gasteiger partial charge in [-0.15, -0.1) is 0 Å². The number of cyclic esters (lactones) is 2. The molecule has 1 heterocycles. The Balaban J connectivity index is 2.20. The van der Waals surface area contributed by atoms with Crippen molar-refractivity contribution in [2.24, 2.45) is 0 Å². The Bertz CT molecular complexity index is 631. The smallest absolute Gasteiger partial charge is 0.423 e. The molecule has 2 rings (SSSR count). The van der Waals surface area contributed by atoms with Crippen molar-refractivity contribution in [3.05, 3.63) is 35.5 Å². The molecule has 1 fully saturated rings. The Morgan fingerprint density at radius 2 is 1.77 bits per heavy atom. The first kappa shape index (κ1) is 16.1. The quantitative estimate of drug-likeness (QED) is 0.307. The van der Waals surface area contributed by atoms with Crippen LogP contribution in [0, 0.1) is 6.92 Å². The SMILES string of the molecule is Cc1ccc(NC=C2C(=O)OC(C)(C)OC2=O)cc1B(O)O. The highest BCUT2D eigenvalue weighted by Crippen LogP contribution is 2.22. The maximum absolute atomic E-state index is 11.8. The average Bonchev–Trinajstić information content (AvgIpc) is 2.37. The molecule has 0 saturated carbocycles. The van der Waals surface area contributed by atoms with Gasteiger partial charge in [0.15, 0.2) is 5.57 Å². The van der Waals surface area contributed by atoms with Crippen LogP contribution in [0.3, 0.4) is 0 Å². The summed E-state index contributed by atoms with van der Waals surface area (Å²) in [5, 5.41) is 21.2. The monoisotopic (exact) mass is 305 g/mol. The van der Waals surface area contributed by atoms with Gasteiger partial charge in [-0.25, -0.2) is 9.59 Å². The van der Waals surface area contributed by atoms with E-state index < -0.39 is 24.8 Å². The number of carbonyl (C=O) groups is 2. The van der Waals surface area contributed by atoms with Crippen molar-refractivity contribution in [1.82, 2.24) is 0 Å². The van der Waals surface area contributed by atoms with Crippen molar-refractivity contribution in [2.45, 2.75) is 26.6 Å². The average molecular weight is 305 g/mol. The fourth-order valence-corrected chi connectivity index (χ4v) is 1.94. The van der Waals surface area contributed by atoms with Gasteiger partial charge >= 0.3 is 19.1 Å². The molecule has 22 heavy (non-hydrogen) atoms. The van der Waals surface area contributed by atoms with Gasteiger partial charge in [-0.1, -0.05) is 11.6 Å². The molecule has 0 bridgehead atoms. The molecule has 0 atom stereocenters. The van der Waals surface area contributed by atoms with E-state index in [1.54, 1.807) is 19.1 Å². The number of hydrogen-bond donors (Lipinski definition) is 3. The topological polar surface area (TPSA) is 105 Å². The molecule has 0 spiro atoms. The zero-order valence-electron chi connectivity index (χ0n) is 12.4. The second-order valence-corrected chi connectivity index (χ2v) is 5.33. The van der Waals surface area contributed by atoms with E-state index in [0.29, 0.717) is 16.7 Å². The van der Waals surface area contributed by atoms with Crippen LogP contribution in [-0.4, -0.2) is 34.9 Å². The van der Waals surface area contributed by atoms with Gasteiger partial charge in [0.1, 0.15) is 0 Å². The van der Waals surface area contributed by atoms with E-state index in [2.05, 4.69) is 5.32 Å². The molecule has 0 unspecified atom stereocenters. The van der Waals surface area contributed by atoms with Crippen LogP contribution in [0.15, 0.2) is 30.0 Å². The third-order valence-electron chi connectivity index (χ3n) is 3.06. The number of carbonyl (C=O) groups excluding carboxylic acids is 2. The van der Waals surface area contributed by atoms with E-state index in [4.69, 9.17) is 9.47 Å². The van der Waals surface area contributed by atoms with E-state index >= 15 is 0 Å². The highest BCUT2D eigenvalue weighted by molar-refractivity contribution is 6.59. The Labute approximate surface area is 127 Å². The molecule has 0 aromatic heterocycles. The molecular formula is C14H16BNO6. The van der Waals surface area contributed by atoms with Crippen LogP contribution in [0.25, 0.3) is 0 Å². The molecule has 1 saturated heterocycles. The third kappa shape index (κ3) is 3.47. The molecule has 0 aliphatic carbocycles. The number of aryl methyl sites for hydroxylation is 1. The lowest BCUT2D eigenvalue weighted by Crippen LogP contribution is -2.42. The highest BCUT2D eigenvalue weighted by Gasteiger charge is 2.38. The maximum Gasteiger partial charge on any atom is 0.488 e. The van der Waals surface area contributed by atoms with Gasteiger partial charge in [0.25, 0.3) is 5.79 Å². The van der Waals surface area contributed by atoms with Gasteiger partial charge < -0.3 is 24.8 Å². The van der Waals surface area contributed by atoms with Crippen molar-refractivity contribution >= 4 is 30.2 Å². The van der Waals surface area contributed by atoms with Gasteiger partial charge in [-0.05, 0) is 24.5 Å². The molecule has 1 aromatic carbocycles. The largest absolute Gasteiger partial charge is 0.488 e. The number of ether oxygens (including phenoxy) is 2. The predicted octanol–water partition coefficient (Wildman–Crippen LogP) is -0.193. The van der Waals surface area contributed by atoms with Crippen molar-refractivity contribution in [3.63, 3.8) is 0 Å². The molecule has 8 heteroatoms. The summed E-state index contributed by atoms with van der Waals surface area (Å²) in [6, 6.07) is 4.85. The summed E-state index contributed by atoms with van der Waals surface area (Å²) >= 11 is 0. The van der Waals surface area contributed by atoms with Crippen LogP contribution in [0.1, 0.15) is 19.4 Å². The second kappa shape index (κ2) is 5.82. The van der Waals surface area contributed by atoms with Crippen LogP contribution < -0.4 is 10.8 Å². The lowest BCUT2D eigenvalue weighted by Gasteiger charge is -2.29. The summed E-state index contributed by atoms with van der Waals surface area (Å²) in [4.78, 5) is 23.5. The van der Waals surface area contributed by atoms with Crippen molar-refractivity contribution in [1.29, 1.82) is 0 Å². The molecule has 116 valence electrons. The number of benzene rings is 1. The van der Waals surface area contributed by atoms with E-state index in [1.807, 2.05) is 0 Å². The summed E-state index contributed by atoms with van der Waals surface area (Å²) in [6.07, 6.45) is 1.16. The van der Waals surface area contributed by atoms with Crippen molar-refractivity contribution in [2.75, 3.05) is 5.32 Å². The van der Waals surface area contributed by atoms with Crippen molar-refractivity contribution < 1.29 is 29.1 Å². The molecule has 1 aliphatic rings. The number of nitrogens with one attached hydrogen (secondary N) is 1. The zero-order chi connectivity index (χ0) is 16.5. The molecule has 3 N–H and O–H groups in total. The van der Waals surface area contributed by atoms with Crippen LogP contribution in [0.5, 0.6) is 0 Å². The molecular weight excluding hydrogens is 289 g/mol. The Hall–Kier alpha value is -2.32. The number of esters is 2. The minimum atomic E-state index is -1.61. The summed E-state index contributed by atoms with van der Waals surface area (Å²) < 4.78 is 9.91. The second-order valence-electron chi connectivity index (χ2n) is 5.33. The van der Waals surface area contributed by atoms with E-state index in [0.717, 1.165) is 6.20 Å². The summed E-state index contributed by atoms with van der Waals surface area (Å²) in [6.45, 7) is 4.65. The maximum atomic E-state index is 11.8. The Morgan fingerprint density at radius 1 is 1.18 bits per heavy atom. The summed E-state index contributed by atoms with van der Waals surface area (Å²) in [5.41, 5.74) is 1.22. The minimum absolute atomic E-state index is 0.272. The predicted molar refractivity (Wildman–Crippen MR) is 79.0 cm³/mol. The first-order valence-corrected chi connectivity index (χ1v) is 6.60. The van der Waals surface area contributed by atoms with E-state index in [1.165, 1.54) is 19.9 Å². The summed E-state index contributed by atoms with van der Waals surface area (Å²) in [7, 11) is -1.61. The van der Waals surface area contributed by atoms with Crippen molar-refractivity contribution in [3.8, 4) is 0 Å². The van der Waals surface area contributed by atoms with Crippen LogP contribution >= 0.6 is 0 Å². The number of rotatable bonds is 3. The molecule has 1 aliphatic heterocycles. The first-order chi connectivity index (χ1) is 10.2. The summed E-state index contributed by atoms with van der Waals surface area (Å²) in [5.74, 6) is -2.87. The van der Waals surface area contributed by atoms with Crippen LogP contribution in [0.2, 0.25) is 0 Å². The zero-order valence-corrected chi connectivity index (χ0v) is 12.4. The lowest BCUT2D eigenvalue weighted by molar-refractivity contribution is -0.222. The molecule has 7 nitrogen and oxygen atoms in total. The molecule has 1 aromatic rings. The first-order valence-electron chi connectivity index (χ1n) is 6.60. The van der Waals surface area contributed by atoms with Gasteiger partial charge in [-0.2, -0.15) is 0 Å². The normalized spacial score (nSPS) is 16.7. The van der Waals surface area contributed by atoms with Crippen LogP contribution in [0.4, 0.5) is 5.69 Å². The van der Waals surface area contributed by atoms with Gasteiger partial charge in [-0.3, -0.25) is 0 Å². The Morgan fingerprint density at radius 3 is 2.32 bits per heavy atom. The van der Waals surface area contributed by atoms with E-state index in [-0.39, 0.29) is 5.57 Å². The highest BCUT2D eigenvalue weighted by atomic mass is 16.7. The number of anilines is 1. The fourth-order valence-electron chi connectivity index (χ4n) is 1.94. The van der Waals surface area contributed by atoms with Crippen LogP contribution in [-0.2, 0) is 19.1 Å². The fraction of sp³-hybridized carbons (Fsp3) is 0.286. The van der Waals surface area contributed by atoms with Gasteiger partial charge in [0.2, 0.25) is 0 Å². The van der Waals surface area contributed by atoms with Gasteiger partial charge in [0, 0.05) is 25.7 Å². The Kier molecular flexibility index (Phi) is 4.25.